The molecule has 0 fully saturated rings. The van der Waals surface area contributed by atoms with Gasteiger partial charge in [-0.3, -0.25) is 4.79 Å². The van der Waals surface area contributed by atoms with Crippen molar-refractivity contribution in [1.29, 1.82) is 0 Å². The van der Waals surface area contributed by atoms with Gasteiger partial charge >= 0.3 is 5.97 Å². The van der Waals surface area contributed by atoms with Gasteiger partial charge in [0, 0.05) is 16.4 Å². The molecule has 7 nitrogen and oxygen atoms in total. The number of carbonyl (C=O) groups excluding carboxylic acids is 1. The lowest BCUT2D eigenvalue weighted by molar-refractivity contribution is 0.0696. The quantitative estimate of drug-likeness (QED) is 0.343. The van der Waals surface area contributed by atoms with Gasteiger partial charge in [0.1, 0.15) is 0 Å². The Labute approximate surface area is 159 Å². The van der Waals surface area contributed by atoms with Crippen LogP contribution in [0.5, 0.6) is 0 Å². The van der Waals surface area contributed by atoms with E-state index in [4.69, 9.17) is 5.11 Å². The highest BCUT2D eigenvalue weighted by Gasteiger charge is 2.10. The maximum atomic E-state index is 12.3. The molecule has 1 amide bonds. The molecule has 0 saturated carbocycles. The summed E-state index contributed by atoms with van der Waals surface area (Å²) in [5.74, 6) is -1.45. The molecule has 0 spiro atoms. The molecule has 3 N–H and O–H groups in total. The van der Waals surface area contributed by atoms with Crippen molar-refractivity contribution in [3.63, 3.8) is 0 Å². The number of carbonyl (C=O) groups is 2. The number of aromatic nitrogens is 2. The fraction of sp³-hybridized carbons (Fsp3) is 0.158. The summed E-state index contributed by atoms with van der Waals surface area (Å²) in [4.78, 5) is 31.1. The molecule has 3 aromatic rings. The number of fused-ring (bicyclic) bond motifs is 1. The zero-order chi connectivity index (χ0) is 19.4. The van der Waals surface area contributed by atoms with Gasteiger partial charge < -0.3 is 10.1 Å². The van der Waals surface area contributed by atoms with E-state index in [0.717, 1.165) is 16.2 Å². The van der Waals surface area contributed by atoms with E-state index in [0.29, 0.717) is 16.4 Å². The second-order valence-corrected chi connectivity index (χ2v) is 7.60. The molecule has 1 heterocycles. The first-order chi connectivity index (χ1) is 12.9. The highest BCUT2D eigenvalue weighted by atomic mass is 32.2. The van der Waals surface area contributed by atoms with Gasteiger partial charge in [-0.25, -0.2) is 15.2 Å². The van der Waals surface area contributed by atoms with Crippen LogP contribution in [0.1, 0.15) is 40.1 Å². The highest BCUT2D eigenvalue weighted by molar-refractivity contribution is 7.99. The molecule has 0 aliphatic heterocycles. The molecule has 138 valence electrons. The Balaban J connectivity index is 1.73. The van der Waals surface area contributed by atoms with E-state index in [-0.39, 0.29) is 5.56 Å². The number of hydrogen-bond acceptors (Lipinski definition) is 5. The third kappa shape index (κ3) is 4.53. The molecule has 0 saturated heterocycles. The first-order valence-electron chi connectivity index (χ1n) is 8.26. The largest absolute Gasteiger partial charge is 0.478 e. The lowest BCUT2D eigenvalue weighted by atomic mass is 10.1. The zero-order valence-electron chi connectivity index (χ0n) is 14.8. The number of hydrazone groups is 1. The molecule has 0 aliphatic rings. The standard InChI is InChI=1S/C19H18N4O3S/c1-11(2)27-19-21-15-8-7-12(9-16(15)22-19)17(24)23-20-10-13-5-3-4-6-14(13)18(25)26/h3-11H,1-2H3,(H,21,22)(H,23,24)(H,25,26)/b20-10-. The van der Waals surface area contributed by atoms with Crippen LogP contribution in [-0.4, -0.2) is 38.4 Å². The molecule has 8 heteroatoms. The molecule has 1 aromatic heterocycles. The third-order valence-corrected chi connectivity index (χ3v) is 4.52. The number of carboxylic acid groups (broad SMARTS) is 1. The minimum absolute atomic E-state index is 0.115. The van der Waals surface area contributed by atoms with Crippen molar-refractivity contribution >= 4 is 40.9 Å². The van der Waals surface area contributed by atoms with Crippen LogP contribution in [0.2, 0.25) is 0 Å². The Morgan fingerprint density at radius 1 is 1.26 bits per heavy atom. The SMILES string of the molecule is CC(C)Sc1nc2ccc(C(=O)N/N=C\c3ccccc3C(=O)O)cc2[nH]1. The van der Waals surface area contributed by atoms with E-state index >= 15 is 0 Å². The summed E-state index contributed by atoms with van der Waals surface area (Å²) >= 11 is 1.61. The first kappa shape index (κ1) is 18.7. The van der Waals surface area contributed by atoms with E-state index in [1.165, 1.54) is 12.3 Å². The lowest BCUT2D eigenvalue weighted by Gasteiger charge is -2.01. The number of carboxylic acids is 1. The van der Waals surface area contributed by atoms with Gasteiger partial charge in [-0.15, -0.1) is 0 Å². The summed E-state index contributed by atoms with van der Waals surface area (Å²) in [6.45, 7) is 4.16. The summed E-state index contributed by atoms with van der Waals surface area (Å²) in [6, 6.07) is 11.6. The number of rotatable bonds is 6. The van der Waals surface area contributed by atoms with Crippen LogP contribution >= 0.6 is 11.8 Å². The monoisotopic (exact) mass is 382 g/mol. The zero-order valence-corrected chi connectivity index (χ0v) is 15.6. The second-order valence-electron chi connectivity index (χ2n) is 6.03. The normalized spacial score (nSPS) is 11.4. The van der Waals surface area contributed by atoms with Gasteiger partial charge in [-0.2, -0.15) is 5.10 Å². The number of hydrogen-bond donors (Lipinski definition) is 3. The number of nitrogens with one attached hydrogen (secondary N) is 2. The van der Waals surface area contributed by atoms with Gasteiger partial charge in [0.25, 0.3) is 5.91 Å². The Bertz CT molecular complexity index is 1030. The van der Waals surface area contributed by atoms with E-state index in [1.807, 2.05) is 0 Å². The molecule has 0 unspecified atom stereocenters. The van der Waals surface area contributed by atoms with Crippen LogP contribution in [0.4, 0.5) is 0 Å². The summed E-state index contributed by atoms with van der Waals surface area (Å²) in [5, 5.41) is 14.2. The first-order valence-corrected chi connectivity index (χ1v) is 9.14. The minimum Gasteiger partial charge on any atom is -0.478 e. The number of thioether (sulfide) groups is 1. The predicted molar refractivity (Wildman–Crippen MR) is 106 cm³/mol. The van der Waals surface area contributed by atoms with Gasteiger partial charge in [-0.05, 0) is 24.3 Å². The van der Waals surface area contributed by atoms with Crippen molar-refractivity contribution in [3.05, 3.63) is 59.2 Å². The minimum atomic E-state index is -1.05. The van der Waals surface area contributed by atoms with Crippen molar-refractivity contribution < 1.29 is 14.7 Å². The van der Waals surface area contributed by atoms with E-state index in [9.17, 15) is 9.59 Å². The van der Waals surface area contributed by atoms with Crippen LogP contribution in [0.15, 0.2) is 52.7 Å². The lowest BCUT2D eigenvalue weighted by Crippen LogP contribution is -2.17. The maximum Gasteiger partial charge on any atom is 0.336 e. The van der Waals surface area contributed by atoms with Crippen LogP contribution in [0.3, 0.4) is 0 Å². The highest BCUT2D eigenvalue weighted by Crippen LogP contribution is 2.23. The summed E-state index contributed by atoms with van der Waals surface area (Å²) in [5.41, 5.74) is 4.92. The predicted octanol–water partition coefficient (Wildman–Crippen LogP) is 3.53. The molecule has 0 atom stereocenters. The van der Waals surface area contributed by atoms with Crippen molar-refractivity contribution in [2.24, 2.45) is 5.10 Å². The number of imidazole rings is 1. The molecule has 3 rings (SSSR count). The molecular weight excluding hydrogens is 364 g/mol. The molecule has 27 heavy (non-hydrogen) atoms. The third-order valence-electron chi connectivity index (χ3n) is 3.63. The topological polar surface area (TPSA) is 107 Å². The van der Waals surface area contributed by atoms with Crippen LogP contribution in [0, 0.1) is 0 Å². The average Bonchev–Trinajstić information content (AvgIpc) is 3.02. The van der Waals surface area contributed by atoms with Gasteiger partial charge in [0.2, 0.25) is 0 Å². The summed E-state index contributed by atoms with van der Waals surface area (Å²) in [7, 11) is 0. The van der Waals surface area contributed by atoms with Crippen molar-refractivity contribution in [1.82, 2.24) is 15.4 Å². The summed E-state index contributed by atoms with van der Waals surface area (Å²) in [6.07, 6.45) is 1.31. The van der Waals surface area contributed by atoms with Crippen LogP contribution in [-0.2, 0) is 0 Å². The second kappa shape index (κ2) is 8.05. The fourth-order valence-electron chi connectivity index (χ4n) is 2.44. The maximum absolute atomic E-state index is 12.3. The van der Waals surface area contributed by atoms with Crippen LogP contribution in [0.25, 0.3) is 11.0 Å². The Kier molecular flexibility index (Phi) is 5.56. The number of benzene rings is 2. The fourth-order valence-corrected chi connectivity index (χ4v) is 3.20. The molecule has 0 aliphatic carbocycles. The van der Waals surface area contributed by atoms with Crippen molar-refractivity contribution in [3.8, 4) is 0 Å². The van der Waals surface area contributed by atoms with E-state index in [2.05, 4.69) is 34.3 Å². The number of aromatic carboxylic acids is 1. The van der Waals surface area contributed by atoms with E-state index in [1.54, 1.807) is 48.2 Å². The number of H-pyrrole nitrogens is 1. The molecule has 0 bridgehead atoms. The summed E-state index contributed by atoms with van der Waals surface area (Å²) < 4.78 is 0. The molecular formula is C19H18N4O3S. The van der Waals surface area contributed by atoms with Gasteiger partial charge in [0.05, 0.1) is 22.8 Å². The van der Waals surface area contributed by atoms with Crippen molar-refractivity contribution in [2.45, 2.75) is 24.3 Å². The number of aromatic amines is 1. The number of amides is 1. The van der Waals surface area contributed by atoms with Gasteiger partial charge in [0.15, 0.2) is 5.16 Å². The molecule has 2 aromatic carbocycles. The Morgan fingerprint density at radius 2 is 2.04 bits per heavy atom. The van der Waals surface area contributed by atoms with Crippen molar-refractivity contribution in [2.75, 3.05) is 0 Å². The average molecular weight is 382 g/mol. The Morgan fingerprint density at radius 3 is 2.78 bits per heavy atom. The number of nitrogens with zero attached hydrogens (tertiary/aromatic N) is 2. The smallest absolute Gasteiger partial charge is 0.336 e. The van der Waals surface area contributed by atoms with E-state index < -0.39 is 11.9 Å². The Hall–Kier alpha value is -3.13. The van der Waals surface area contributed by atoms with Crippen LogP contribution < -0.4 is 5.43 Å². The van der Waals surface area contributed by atoms with Gasteiger partial charge in [-0.1, -0.05) is 43.8 Å². The molecule has 0 radical (unpaired) electrons.